The lowest BCUT2D eigenvalue weighted by molar-refractivity contribution is -0.384. The predicted octanol–water partition coefficient (Wildman–Crippen LogP) is 3.22. The molecule has 1 aromatic heterocycles. The number of ether oxygens (including phenoxy) is 1. The summed E-state index contributed by atoms with van der Waals surface area (Å²) in [5, 5.41) is 24.6. The van der Waals surface area contributed by atoms with Crippen molar-refractivity contribution in [2.24, 2.45) is 5.10 Å². The minimum absolute atomic E-state index is 0.0554. The van der Waals surface area contributed by atoms with E-state index in [1.165, 1.54) is 23.9 Å². The highest BCUT2D eigenvalue weighted by Crippen LogP contribution is 2.30. The van der Waals surface area contributed by atoms with Crippen molar-refractivity contribution in [3.8, 4) is 17.1 Å². The van der Waals surface area contributed by atoms with Gasteiger partial charge in [0, 0.05) is 23.4 Å². The quantitative estimate of drug-likeness (QED) is 0.519. The third-order valence-corrected chi connectivity index (χ3v) is 4.84. The average molecular weight is 367 g/mol. The fraction of sp³-hybridized carbons (Fsp3) is 0.118. The summed E-state index contributed by atoms with van der Waals surface area (Å²) in [6.45, 7) is 0. The number of non-ortho nitro benzene ring substituents is 1. The summed E-state index contributed by atoms with van der Waals surface area (Å²) in [4.78, 5) is 10.4. The van der Waals surface area contributed by atoms with E-state index < -0.39 is 4.92 Å². The van der Waals surface area contributed by atoms with Gasteiger partial charge < -0.3 is 4.74 Å². The molecule has 4 rings (SSSR count). The molecule has 130 valence electrons. The molecule has 1 aliphatic heterocycles. The molecule has 0 saturated carbocycles. The summed E-state index contributed by atoms with van der Waals surface area (Å²) < 4.78 is 6.96. The molecule has 0 fully saturated rings. The Balaban J connectivity index is 1.73. The Labute approximate surface area is 152 Å². The lowest BCUT2D eigenvalue weighted by Crippen LogP contribution is -2.13. The van der Waals surface area contributed by atoms with E-state index >= 15 is 0 Å². The summed E-state index contributed by atoms with van der Waals surface area (Å²) >= 11 is 1.52. The van der Waals surface area contributed by atoms with Gasteiger partial charge in [-0.3, -0.25) is 10.1 Å². The van der Waals surface area contributed by atoms with Gasteiger partial charge in [0.2, 0.25) is 5.16 Å². The van der Waals surface area contributed by atoms with Crippen molar-refractivity contribution in [3.63, 3.8) is 0 Å². The van der Waals surface area contributed by atoms with E-state index in [0.29, 0.717) is 16.7 Å². The van der Waals surface area contributed by atoms with Crippen LogP contribution < -0.4 is 4.74 Å². The molecule has 8 nitrogen and oxygen atoms in total. The second kappa shape index (κ2) is 6.60. The van der Waals surface area contributed by atoms with Crippen molar-refractivity contribution in [2.45, 2.75) is 5.16 Å². The Morgan fingerprint density at radius 2 is 1.96 bits per heavy atom. The summed E-state index contributed by atoms with van der Waals surface area (Å²) in [6.07, 6.45) is 0. The van der Waals surface area contributed by atoms with Gasteiger partial charge >= 0.3 is 0 Å². The van der Waals surface area contributed by atoms with Crippen LogP contribution in [0.1, 0.15) is 5.56 Å². The Hall–Kier alpha value is -3.20. The minimum Gasteiger partial charge on any atom is -0.497 e. The molecule has 0 amide bonds. The molecule has 0 radical (unpaired) electrons. The highest BCUT2D eigenvalue weighted by Gasteiger charge is 2.21. The Morgan fingerprint density at radius 1 is 1.15 bits per heavy atom. The van der Waals surface area contributed by atoms with Crippen molar-refractivity contribution < 1.29 is 9.66 Å². The first-order valence-corrected chi connectivity index (χ1v) is 8.69. The van der Waals surface area contributed by atoms with Gasteiger partial charge in [-0.15, -0.1) is 10.2 Å². The molecule has 0 spiro atoms. The minimum atomic E-state index is -0.417. The number of nitro groups is 1. The van der Waals surface area contributed by atoms with Crippen LogP contribution in [0.5, 0.6) is 5.75 Å². The van der Waals surface area contributed by atoms with Gasteiger partial charge in [-0.05, 0) is 29.8 Å². The number of hydrogen-bond acceptors (Lipinski definition) is 7. The van der Waals surface area contributed by atoms with Crippen LogP contribution in [0.3, 0.4) is 0 Å². The first kappa shape index (κ1) is 16.3. The first-order chi connectivity index (χ1) is 12.7. The molecular formula is C17H13N5O3S. The first-order valence-electron chi connectivity index (χ1n) is 7.71. The maximum atomic E-state index is 10.8. The molecular weight excluding hydrogens is 354 g/mol. The van der Waals surface area contributed by atoms with Crippen LogP contribution in [0.25, 0.3) is 11.4 Å². The highest BCUT2D eigenvalue weighted by atomic mass is 32.2. The lowest BCUT2D eigenvalue weighted by Gasteiger charge is -2.14. The normalized spacial score (nSPS) is 13.0. The van der Waals surface area contributed by atoms with Crippen LogP contribution >= 0.6 is 11.8 Å². The summed E-state index contributed by atoms with van der Waals surface area (Å²) in [7, 11) is 1.61. The average Bonchev–Trinajstić information content (AvgIpc) is 3.11. The predicted molar refractivity (Wildman–Crippen MR) is 97.8 cm³/mol. The SMILES string of the molecule is COc1cccc(-c2nnc3n2N=C(c2ccc([N+](=O)[O-])cc2)CS3)c1. The van der Waals surface area contributed by atoms with Gasteiger partial charge in [-0.2, -0.15) is 9.78 Å². The van der Waals surface area contributed by atoms with E-state index in [9.17, 15) is 10.1 Å². The van der Waals surface area contributed by atoms with Crippen LogP contribution in [0.15, 0.2) is 58.8 Å². The molecule has 0 saturated heterocycles. The third kappa shape index (κ3) is 2.93. The molecule has 9 heteroatoms. The smallest absolute Gasteiger partial charge is 0.269 e. The number of methoxy groups -OCH3 is 1. The second-order valence-corrected chi connectivity index (χ2v) is 6.43. The zero-order chi connectivity index (χ0) is 18.1. The van der Waals surface area contributed by atoms with E-state index in [1.807, 2.05) is 24.3 Å². The largest absolute Gasteiger partial charge is 0.497 e. The van der Waals surface area contributed by atoms with Crippen molar-refractivity contribution in [3.05, 3.63) is 64.2 Å². The number of aromatic nitrogens is 3. The van der Waals surface area contributed by atoms with Gasteiger partial charge in [-0.25, -0.2) is 0 Å². The molecule has 2 aromatic carbocycles. The van der Waals surface area contributed by atoms with Crippen molar-refractivity contribution in [1.29, 1.82) is 0 Å². The molecule has 1 aliphatic rings. The fourth-order valence-corrected chi connectivity index (χ4v) is 3.43. The number of fused-ring (bicyclic) bond motifs is 1. The fourth-order valence-electron chi connectivity index (χ4n) is 2.59. The maximum absolute atomic E-state index is 10.8. The summed E-state index contributed by atoms with van der Waals surface area (Å²) in [6, 6.07) is 13.9. The molecule has 0 unspecified atom stereocenters. The second-order valence-electron chi connectivity index (χ2n) is 5.49. The van der Waals surface area contributed by atoms with Crippen LogP contribution in [-0.4, -0.2) is 38.4 Å². The van der Waals surface area contributed by atoms with E-state index in [2.05, 4.69) is 15.3 Å². The number of nitro benzene ring substituents is 1. The molecule has 0 aliphatic carbocycles. The van der Waals surface area contributed by atoms with Crippen molar-refractivity contribution in [1.82, 2.24) is 14.9 Å². The Bertz CT molecular complexity index is 1010. The molecule has 3 aromatic rings. The van der Waals surface area contributed by atoms with Gasteiger partial charge in [0.05, 0.1) is 17.7 Å². The zero-order valence-electron chi connectivity index (χ0n) is 13.7. The van der Waals surface area contributed by atoms with Crippen LogP contribution in [0.2, 0.25) is 0 Å². The van der Waals surface area contributed by atoms with Crippen molar-refractivity contribution >= 4 is 23.2 Å². The Morgan fingerprint density at radius 3 is 2.69 bits per heavy atom. The third-order valence-electron chi connectivity index (χ3n) is 3.91. The molecule has 0 bridgehead atoms. The zero-order valence-corrected chi connectivity index (χ0v) is 14.5. The lowest BCUT2D eigenvalue weighted by atomic mass is 10.1. The molecule has 26 heavy (non-hydrogen) atoms. The number of hydrogen-bond donors (Lipinski definition) is 0. The maximum Gasteiger partial charge on any atom is 0.269 e. The van der Waals surface area contributed by atoms with Crippen LogP contribution in [0.4, 0.5) is 5.69 Å². The Kier molecular flexibility index (Phi) is 4.13. The van der Waals surface area contributed by atoms with Gasteiger partial charge in [0.1, 0.15) is 5.75 Å². The number of thioether (sulfide) groups is 1. The topological polar surface area (TPSA) is 95.4 Å². The van der Waals surface area contributed by atoms with E-state index in [-0.39, 0.29) is 5.69 Å². The highest BCUT2D eigenvalue weighted by molar-refractivity contribution is 7.99. The van der Waals surface area contributed by atoms with Crippen LogP contribution in [0, 0.1) is 10.1 Å². The van der Waals surface area contributed by atoms with Crippen LogP contribution in [-0.2, 0) is 0 Å². The van der Waals surface area contributed by atoms with Gasteiger partial charge in [0.15, 0.2) is 5.82 Å². The van der Waals surface area contributed by atoms with Gasteiger partial charge in [-0.1, -0.05) is 23.9 Å². The molecule has 0 atom stereocenters. The molecule has 0 N–H and O–H groups in total. The summed E-state index contributed by atoms with van der Waals surface area (Å²) in [5.41, 5.74) is 2.54. The monoisotopic (exact) mass is 367 g/mol. The van der Waals surface area contributed by atoms with Crippen molar-refractivity contribution in [2.75, 3.05) is 12.9 Å². The van der Waals surface area contributed by atoms with E-state index in [0.717, 1.165) is 22.6 Å². The van der Waals surface area contributed by atoms with Gasteiger partial charge in [0.25, 0.3) is 5.69 Å². The van der Waals surface area contributed by atoms with E-state index in [4.69, 9.17) is 4.74 Å². The number of benzene rings is 2. The number of nitrogens with zero attached hydrogens (tertiary/aromatic N) is 5. The molecule has 2 heterocycles. The van der Waals surface area contributed by atoms with E-state index in [1.54, 1.807) is 23.9 Å². The number of rotatable bonds is 4. The standard InChI is InChI=1S/C17H13N5O3S/c1-25-14-4-2-3-12(9-14)16-18-19-17-21(16)20-15(10-26-17)11-5-7-13(8-6-11)22(23)24/h2-9H,10H2,1H3. The summed E-state index contributed by atoms with van der Waals surface area (Å²) in [5.74, 6) is 1.96.